The highest BCUT2D eigenvalue weighted by molar-refractivity contribution is 5.94. The summed E-state index contributed by atoms with van der Waals surface area (Å²) in [7, 11) is 0. The van der Waals surface area contributed by atoms with Crippen LogP contribution in [-0.4, -0.2) is 55.8 Å². The number of aromatic nitrogens is 4. The third-order valence-corrected chi connectivity index (χ3v) is 3.79. The summed E-state index contributed by atoms with van der Waals surface area (Å²) in [4.78, 5) is 14.3. The van der Waals surface area contributed by atoms with Crippen LogP contribution < -0.4 is 0 Å². The number of aliphatic hydroxyl groups is 1. The molecule has 1 aromatic carbocycles. The van der Waals surface area contributed by atoms with Crippen LogP contribution >= 0.6 is 0 Å². The standard InChI is InChI=1S/C14H17N5O2/c20-9-11-2-1-7-18(8-11)14(21)12-3-5-13(6-4-12)19-10-15-16-17-19/h3-6,10-11,20H,1-2,7-9H2. The van der Waals surface area contributed by atoms with E-state index in [1.165, 1.54) is 11.0 Å². The molecular weight excluding hydrogens is 270 g/mol. The lowest BCUT2D eigenvalue weighted by atomic mass is 9.98. The number of hydrogen-bond acceptors (Lipinski definition) is 5. The van der Waals surface area contributed by atoms with Crippen molar-refractivity contribution in [3.63, 3.8) is 0 Å². The molecule has 1 aliphatic rings. The summed E-state index contributed by atoms with van der Waals surface area (Å²) in [5.74, 6) is 0.208. The Morgan fingerprint density at radius 2 is 2.14 bits per heavy atom. The van der Waals surface area contributed by atoms with Gasteiger partial charge in [0.25, 0.3) is 5.91 Å². The third-order valence-electron chi connectivity index (χ3n) is 3.79. The van der Waals surface area contributed by atoms with Gasteiger partial charge in [0.15, 0.2) is 0 Å². The lowest BCUT2D eigenvalue weighted by molar-refractivity contribution is 0.0620. The van der Waals surface area contributed by atoms with Gasteiger partial charge in [-0.15, -0.1) is 5.10 Å². The minimum Gasteiger partial charge on any atom is -0.396 e. The number of carbonyl (C=O) groups is 1. The van der Waals surface area contributed by atoms with E-state index in [1.54, 1.807) is 12.1 Å². The molecule has 0 radical (unpaired) electrons. The average molecular weight is 287 g/mol. The molecule has 3 rings (SSSR count). The molecule has 1 saturated heterocycles. The Bertz CT molecular complexity index is 596. The van der Waals surface area contributed by atoms with E-state index in [0.29, 0.717) is 12.1 Å². The molecule has 21 heavy (non-hydrogen) atoms. The van der Waals surface area contributed by atoms with Crippen LogP contribution in [0.25, 0.3) is 5.69 Å². The van der Waals surface area contributed by atoms with E-state index in [-0.39, 0.29) is 18.4 Å². The molecule has 7 heteroatoms. The SMILES string of the molecule is O=C(c1ccc(-n2cnnn2)cc1)N1CCCC(CO)C1. The van der Waals surface area contributed by atoms with Gasteiger partial charge in [-0.1, -0.05) is 0 Å². The summed E-state index contributed by atoms with van der Waals surface area (Å²) in [6.07, 6.45) is 3.44. The van der Waals surface area contributed by atoms with Crippen molar-refractivity contribution in [3.05, 3.63) is 36.2 Å². The van der Waals surface area contributed by atoms with Gasteiger partial charge in [-0.25, -0.2) is 4.68 Å². The van der Waals surface area contributed by atoms with Crippen LogP contribution in [0.2, 0.25) is 0 Å². The summed E-state index contributed by atoms with van der Waals surface area (Å²) in [5.41, 5.74) is 1.45. The van der Waals surface area contributed by atoms with Gasteiger partial charge in [0.1, 0.15) is 6.33 Å². The number of tetrazole rings is 1. The van der Waals surface area contributed by atoms with Gasteiger partial charge in [0.05, 0.1) is 5.69 Å². The zero-order chi connectivity index (χ0) is 14.7. The number of rotatable bonds is 3. The van der Waals surface area contributed by atoms with Crippen molar-refractivity contribution in [2.24, 2.45) is 5.92 Å². The second-order valence-corrected chi connectivity index (χ2v) is 5.24. The highest BCUT2D eigenvalue weighted by Crippen LogP contribution is 2.18. The highest BCUT2D eigenvalue weighted by atomic mass is 16.3. The maximum Gasteiger partial charge on any atom is 0.253 e. The summed E-state index contributed by atoms with van der Waals surface area (Å²) in [6, 6.07) is 7.19. The minimum absolute atomic E-state index is 0.0106. The number of likely N-dealkylation sites (tertiary alicyclic amines) is 1. The van der Waals surface area contributed by atoms with E-state index in [4.69, 9.17) is 0 Å². The van der Waals surface area contributed by atoms with Gasteiger partial charge in [0, 0.05) is 25.3 Å². The molecule has 1 amide bonds. The van der Waals surface area contributed by atoms with Crippen LogP contribution in [0.5, 0.6) is 0 Å². The largest absolute Gasteiger partial charge is 0.396 e. The van der Waals surface area contributed by atoms with Crippen LogP contribution in [0.3, 0.4) is 0 Å². The Balaban J connectivity index is 1.73. The number of piperidine rings is 1. The molecule has 1 unspecified atom stereocenters. The molecule has 0 aliphatic carbocycles. The van der Waals surface area contributed by atoms with Crippen LogP contribution in [0, 0.1) is 5.92 Å². The van der Waals surface area contributed by atoms with E-state index in [0.717, 1.165) is 25.1 Å². The number of amides is 1. The van der Waals surface area contributed by atoms with Gasteiger partial charge >= 0.3 is 0 Å². The van der Waals surface area contributed by atoms with Crippen LogP contribution in [0.15, 0.2) is 30.6 Å². The maximum atomic E-state index is 12.5. The Hall–Kier alpha value is -2.28. The fourth-order valence-electron chi connectivity index (χ4n) is 2.62. The molecule has 1 atom stereocenters. The first-order valence-corrected chi connectivity index (χ1v) is 7.01. The minimum atomic E-state index is 0.0106. The second-order valence-electron chi connectivity index (χ2n) is 5.24. The average Bonchev–Trinajstić information content (AvgIpc) is 3.09. The molecule has 1 fully saturated rings. The first-order chi connectivity index (χ1) is 10.3. The van der Waals surface area contributed by atoms with E-state index in [9.17, 15) is 9.90 Å². The molecular formula is C14H17N5O2. The molecule has 1 aliphatic heterocycles. The highest BCUT2D eigenvalue weighted by Gasteiger charge is 2.23. The summed E-state index contributed by atoms with van der Waals surface area (Å²) in [6.45, 7) is 1.52. The quantitative estimate of drug-likeness (QED) is 0.889. The predicted octanol–water partition coefficient (Wildman–Crippen LogP) is 0.507. The van der Waals surface area contributed by atoms with Crippen molar-refractivity contribution in [1.82, 2.24) is 25.1 Å². The lowest BCUT2D eigenvalue weighted by Gasteiger charge is -2.31. The van der Waals surface area contributed by atoms with Crippen molar-refractivity contribution < 1.29 is 9.90 Å². The monoisotopic (exact) mass is 287 g/mol. The van der Waals surface area contributed by atoms with Gasteiger partial charge in [-0.3, -0.25) is 4.79 Å². The zero-order valence-electron chi connectivity index (χ0n) is 11.6. The van der Waals surface area contributed by atoms with Crippen molar-refractivity contribution in [1.29, 1.82) is 0 Å². The predicted molar refractivity (Wildman–Crippen MR) is 74.9 cm³/mol. The first kappa shape index (κ1) is 13.7. The smallest absolute Gasteiger partial charge is 0.253 e. The molecule has 2 heterocycles. The van der Waals surface area contributed by atoms with Crippen LogP contribution in [0.1, 0.15) is 23.2 Å². The first-order valence-electron chi connectivity index (χ1n) is 7.01. The van der Waals surface area contributed by atoms with Gasteiger partial charge in [-0.2, -0.15) is 0 Å². The molecule has 2 aromatic rings. The number of benzene rings is 1. The molecule has 7 nitrogen and oxygen atoms in total. The normalized spacial score (nSPS) is 18.7. The Morgan fingerprint density at radius 3 is 2.81 bits per heavy atom. The van der Waals surface area contributed by atoms with E-state index in [2.05, 4.69) is 15.5 Å². The molecule has 0 bridgehead atoms. The Morgan fingerprint density at radius 1 is 1.33 bits per heavy atom. The van der Waals surface area contributed by atoms with Crippen LogP contribution in [-0.2, 0) is 0 Å². The number of hydrogen-bond donors (Lipinski definition) is 1. The Labute approximate surface area is 122 Å². The summed E-state index contributed by atoms with van der Waals surface area (Å²) >= 11 is 0. The molecule has 1 aromatic heterocycles. The van der Waals surface area contributed by atoms with Crippen LogP contribution in [0.4, 0.5) is 0 Å². The molecule has 0 saturated carbocycles. The van der Waals surface area contributed by atoms with E-state index >= 15 is 0 Å². The zero-order valence-corrected chi connectivity index (χ0v) is 11.6. The molecule has 1 N–H and O–H groups in total. The van der Waals surface area contributed by atoms with Crippen molar-refractivity contribution in [3.8, 4) is 5.69 Å². The van der Waals surface area contributed by atoms with E-state index < -0.39 is 0 Å². The fourth-order valence-corrected chi connectivity index (χ4v) is 2.62. The van der Waals surface area contributed by atoms with Gasteiger partial charge < -0.3 is 10.0 Å². The summed E-state index contributed by atoms with van der Waals surface area (Å²) in [5, 5.41) is 20.2. The fraction of sp³-hybridized carbons (Fsp3) is 0.429. The van der Waals surface area contributed by atoms with Gasteiger partial charge in [-0.05, 0) is 53.5 Å². The number of carbonyl (C=O) groups excluding carboxylic acids is 1. The van der Waals surface area contributed by atoms with Gasteiger partial charge in [0.2, 0.25) is 0 Å². The van der Waals surface area contributed by atoms with E-state index in [1.807, 2.05) is 17.0 Å². The lowest BCUT2D eigenvalue weighted by Crippen LogP contribution is -2.40. The Kier molecular flexibility index (Phi) is 3.92. The third kappa shape index (κ3) is 2.92. The number of aliphatic hydroxyl groups excluding tert-OH is 1. The second kappa shape index (κ2) is 6.01. The van der Waals surface area contributed by atoms with Crippen molar-refractivity contribution in [2.45, 2.75) is 12.8 Å². The topological polar surface area (TPSA) is 84.1 Å². The summed E-state index contributed by atoms with van der Waals surface area (Å²) < 4.78 is 1.54. The maximum absolute atomic E-state index is 12.5. The molecule has 110 valence electrons. The number of nitrogens with zero attached hydrogens (tertiary/aromatic N) is 5. The van der Waals surface area contributed by atoms with Crippen molar-refractivity contribution in [2.75, 3.05) is 19.7 Å². The molecule has 0 spiro atoms. The van der Waals surface area contributed by atoms with Crippen molar-refractivity contribution >= 4 is 5.91 Å².